The molecule has 0 unspecified atom stereocenters. The zero-order valence-corrected chi connectivity index (χ0v) is 13.4. The Morgan fingerprint density at radius 1 is 1.09 bits per heavy atom. The first kappa shape index (κ1) is 14.2. The molecule has 0 N–H and O–H groups in total. The van der Waals surface area contributed by atoms with Crippen LogP contribution in [0.15, 0.2) is 28.7 Å². The van der Waals surface area contributed by atoms with E-state index in [-0.39, 0.29) is 11.9 Å². The number of amides is 1. The highest BCUT2D eigenvalue weighted by Gasteiger charge is 2.45. The Hall–Kier alpha value is -2.37. The van der Waals surface area contributed by atoms with Gasteiger partial charge in [-0.1, -0.05) is 0 Å². The maximum atomic E-state index is 12.7. The summed E-state index contributed by atoms with van der Waals surface area (Å²) in [5, 5.41) is 8.46. The van der Waals surface area contributed by atoms with Crippen molar-refractivity contribution < 1.29 is 9.21 Å². The van der Waals surface area contributed by atoms with Gasteiger partial charge in [-0.15, -0.1) is 5.10 Å². The average molecular weight is 312 g/mol. The van der Waals surface area contributed by atoms with Gasteiger partial charge in [-0.3, -0.25) is 4.79 Å². The molecule has 23 heavy (non-hydrogen) atoms. The predicted molar refractivity (Wildman–Crippen MR) is 85.4 cm³/mol. The Morgan fingerprint density at radius 3 is 2.61 bits per heavy atom. The van der Waals surface area contributed by atoms with Gasteiger partial charge in [0.15, 0.2) is 11.6 Å². The lowest BCUT2D eigenvalue weighted by molar-refractivity contribution is 0.0704. The molecule has 0 saturated carbocycles. The third kappa shape index (κ3) is 2.38. The van der Waals surface area contributed by atoms with Gasteiger partial charge in [-0.25, -0.2) is 0 Å². The van der Waals surface area contributed by atoms with E-state index in [4.69, 9.17) is 4.42 Å². The third-order valence-corrected chi connectivity index (χ3v) is 4.87. The fraction of sp³-hybridized carbons (Fsp3) is 0.471. The van der Waals surface area contributed by atoms with Crippen molar-refractivity contribution in [1.29, 1.82) is 0 Å². The van der Waals surface area contributed by atoms with E-state index in [9.17, 15) is 4.79 Å². The van der Waals surface area contributed by atoms with Crippen LogP contribution in [-0.2, 0) is 0 Å². The van der Waals surface area contributed by atoms with Gasteiger partial charge < -0.3 is 14.2 Å². The number of carbonyl (C=O) groups is 1. The van der Waals surface area contributed by atoms with Crippen LogP contribution in [0.5, 0.6) is 0 Å². The Bertz CT molecular complexity index is 724. The lowest BCUT2D eigenvalue weighted by Gasteiger charge is -2.25. The van der Waals surface area contributed by atoms with E-state index in [0.29, 0.717) is 11.8 Å². The van der Waals surface area contributed by atoms with Crippen LogP contribution in [0, 0.1) is 13.8 Å². The SMILES string of the molecule is Cc1ccc(N2CC[C@@H]3[C@@H]2CCN3C(=O)c2ccc(C)o2)nn1. The summed E-state index contributed by atoms with van der Waals surface area (Å²) in [5.41, 5.74) is 0.918. The van der Waals surface area contributed by atoms with Crippen LogP contribution in [0.25, 0.3) is 0 Å². The molecule has 0 radical (unpaired) electrons. The molecule has 2 aliphatic heterocycles. The second-order valence-electron chi connectivity index (χ2n) is 6.35. The van der Waals surface area contributed by atoms with Crippen molar-refractivity contribution in [3.05, 3.63) is 41.5 Å². The van der Waals surface area contributed by atoms with Crippen LogP contribution in [0.2, 0.25) is 0 Å². The topological polar surface area (TPSA) is 62.5 Å². The zero-order chi connectivity index (χ0) is 16.0. The number of nitrogens with zero attached hydrogens (tertiary/aromatic N) is 4. The third-order valence-electron chi connectivity index (χ3n) is 4.87. The first-order valence-corrected chi connectivity index (χ1v) is 8.08. The summed E-state index contributed by atoms with van der Waals surface area (Å²) in [6, 6.07) is 8.17. The van der Waals surface area contributed by atoms with Crippen molar-refractivity contribution in [2.45, 2.75) is 38.8 Å². The molecular weight excluding hydrogens is 292 g/mol. The van der Waals surface area contributed by atoms with Gasteiger partial charge in [0.05, 0.1) is 17.8 Å². The van der Waals surface area contributed by atoms with Gasteiger partial charge in [0.25, 0.3) is 5.91 Å². The maximum Gasteiger partial charge on any atom is 0.289 e. The number of anilines is 1. The minimum atomic E-state index is 0.00226. The van der Waals surface area contributed by atoms with Gasteiger partial charge in [0.2, 0.25) is 0 Å². The van der Waals surface area contributed by atoms with Crippen molar-refractivity contribution in [2.75, 3.05) is 18.0 Å². The van der Waals surface area contributed by atoms with Crippen LogP contribution >= 0.6 is 0 Å². The first-order chi connectivity index (χ1) is 11.1. The van der Waals surface area contributed by atoms with Crippen LogP contribution in [0.3, 0.4) is 0 Å². The molecule has 0 aliphatic carbocycles. The number of furan rings is 1. The Labute approximate surface area is 135 Å². The largest absolute Gasteiger partial charge is 0.456 e. The molecule has 2 saturated heterocycles. The molecule has 6 nitrogen and oxygen atoms in total. The highest BCUT2D eigenvalue weighted by Crippen LogP contribution is 2.35. The molecular formula is C17H20N4O2. The summed E-state index contributed by atoms with van der Waals surface area (Å²) in [5.74, 6) is 2.12. The number of rotatable bonds is 2. The van der Waals surface area contributed by atoms with E-state index in [0.717, 1.165) is 43.2 Å². The second-order valence-corrected chi connectivity index (χ2v) is 6.35. The Balaban J connectivity index is 1.53. The number of hydrogen-bond acceptors (Lipinski definition) is 5. The summed E-state index contributed by atoms with van der Waals surface area (Å²) in [6.45, 7) is 5.47. The molecule has 2 aromatic rings. The maximum absolute atomic E-state index is 12.7. The molecule has 0 aromatic carbocycles. The van der Waals surface area contributed by atoms with Crippen LogP contribution in [0.1, 0.15) is 34.9 Å². The second kappa shape index (κ2) is 5.37. The molecule has 2 aromatic heterocycles. The molecule has 0 spiro atoms. The molecule has 120 valence electrons. The van der Waals surface area contributed by atoms with E-state index >= 15 is 0 Å². The monoisotopic (exact) mass is 312 g/mol. The molecule has 0 bridgehead atoms. The van der Waals surface area contributed by atoms with Crippen molar-refractivity contribution in [2.24, 2.45) is 0 Å². The predicted octanol–water partition coefficient (Wildman–Crippen LogP) is 2.18. The fourth-order valence-corrected chi connectivity index (χ4v) is 3.76. The van der Waals surface area contributed by atoms with Crippen molar-refractivity contribution in [3.63, 3.8) is 0 Å². The van der Waals surface area contributed by atoms with E-state index in [1.54, 1.807) is 6.07 Å². The van der Waals surface area contributed by atoms with Crippen molar-refractivity contribution in [1.82, 2.24) is 15.1 Å². The van der Waals surface area contributed by atoms with Crippen LogP contribution in [-0.4, -0.2) is 46.2 Å². The van der Waals surface area contributed by atoms with Gasteiger partial charge >= 0.3 is 0 Å². The van der Waals surface area contributed by atoms with Gasteiger partial charge in [-0.2, -0.15) is 5.10 Å². The summed E-state index contributed by atoms with van der Waals surface area (Å²) < 4.78 is 5.50. The lowest BCUT2D eigenvalue weighted by atomic mass is 10.1. The summed E-state index contributed by atoms with van der Waals surface area (Å²) >= 11 is 0. The van der Waals surface area contributed by atoms with E-state index < -0.39 is 0 Å². The van der Waals surface area contributed by atoms with Gasteiger partial charge in [-0.05, 0) is 51.0 Å². The first-order valence-electron chi connectivity index (χ1n) is 8.08. The minimum Gasteiger partial charge on any atom is -0.456 e. The molecule has 2 atom stereocenters. The number of aromatic nitrogens is 2. The van der Waals surface area contributed by atoms with E-state index in [1.165, 1.54) is 0 Å². The molecule has 4 heterocycles. The number of likely N-dealkylation sites (tertiary alicyclic amines) is 1. The minimum absolute atomic E-state index is 0.00226. The highest BCUT2D eigenvalue weighted by molar-refractivity contribution is 5.92. The summed E-state index contributed by atoms with van der Waals surface area (Å²) in [6.07, 6.45) is 1.93. The Kier molecular flexibility index (Phi) is 3.32. The van der Waals surface area contributed by atoms with Gasteiger partial charge in [0, 0.05) is 13.1 Å². The van der Waals surface area contributed by atoms with E-state index in [1.807, 2.05) is 36.9 Å². The van der Waals surface area contributed by atoms with Crippen molar-refractivity contribution in [3.8, 4) is 0 Å². The van der Waals surface area contributed by atoms with Crippen molar-refractivity contribution >= 4 is 11.7 Å². The lowest BCUT2D eigenvalue weighted by Crippen LogP contribution is -2.39. The van der Waals surface area contributed by atoms with E-state index in [2.05, 4.69) is 15.1 Å². The number of fused-ring (bicyclic) bond motifs is 1. The fourth-order valence-electron chi connectivity index (χ4n) is 3.76. The molecule has 1 amide bonds. The molecule has 6 heteroatoms. The molecule has 4 rings (SSSR count). The normalized spacial score (nSPS) is 23.4. The summed E-state index contributed by atoms with van der Waals surface area (Å²) in [4.78, 5) is 16.9. The summed E-state index contributed by atoms with van der Waals surface area (Å²) in [7, 11) is 0. The number of aryl methyl sites for hydroxylation is 2. The highest BCUT2D eigenvalue weighted by atomic mass is 16.3. The standard InChI is InChI=1S/C17H20N4O2/c1-11-3-6-16(19-18-11)20-9-7-14-13(20)8-10-21(14)17(22)15-5-4-12(2)23-15/h3-6,13-14H,7-10H2,1-2H3/t13-,14+/m0/s1. The number of carbonyl (C=O) groups excluding carboxylic acids is 1. The van der Waals surface area contributed by atoms with Crippen LogP contribution < -0.4 is 4.90 Å². The smallest absolute Gasteiger partial charge is 0.289 e. The average Bonchev–Trinajstić information content (AvgIpc) is 3.23. The Morgan fingerprint density at radius 2 is 1.91 bits per heavy atom. The molecule has 2 fully saturated rings. The van der Waals surface area contributed by atoms with Crippen LogP contribution in [0.4, 0.5) is 5.82 Å². The number of hydrogen-bond donors (Lipinski definition) is 0. The zero-order valence-electron chi connectivity index (χ0n) is 13.4. The molecule has 2 aliphatic rings. The quantitative estimate of drug-likeness (QED) is 0.850. The van der Waals surface area contributed by atoms with Gasteiger partial charge in [0.1, 0.15) is 5.76 Å².